The summed E-state index contributed by atoms with van der Waals surface area (Å²) in [5.41, 5.74) is 1.19. The van der Waals surface area contributed by atoms with E-state index in [-0.39, 0.29) is 5.92 Å². The number of nitrogens with zero attached hydrogens (tertiary/aromatic N) is 3. The van der Waals surface area contributed by atoms with Crippen LogP contribution >= 0.6 is 0 Å². The average Bonchev–Trinajstić information content (AvgIpc) is 3.63. The van der Waals surface area contributed by atoms with Gasteiger partial charge in [0.1, 0.15) is 11.6 Å². The fraction of sp³-hybridized carbons (Fsp3) is 0.538. The Labute approximate surface area is 185 Å². The summed E-state index contributed by atoms with van der Waals surface area (Å²) in [5.74, 6) is 3.03. The van der Waals surface area contributed by atoms with Crippen LogP contribution in [0.1, 0.15) is 50.5 Å². The van der Waals surface area contributed by atoms with Gasteiger partial charge in [0.2, 0.25) is 5.91 Å². The Balaban J connectivity index is 1.20. The first-order valence-electron chi connectivity index (χ1n) is 11.9. The zero-order chi connectivity index (χ0) is 21.0. The quantitative estimate of drug-likeness (QED) is 0.624. The van der Waals surface area contributed by atoms with Gasteiger partial charge >= 0.3 is 0 Å². The van der Waals surface area contributed by atoms with Gasteiger partial charge in [-0.05, 0) is 74.3 Å². The number of amides is 1. The highest BCUT2D eigenvalue weighted by molar-refractivity contribution is 5.80. The Hall–Kier alpha value is -2.56. The molecule has 0 N–H and O–H groups in total. The van der Waals surface area contributed by atoms with E-state index < -0.39 is 0 Å². The van der Waals surface area contributed by atoms with Crippen molar-refractivity contribution < 1.29 is 9.53 Å². The molecule has 2 aromatic rings. The summed E-state index contributed by atoms with van der Waals surface area (Å²) in [7, 11) is 0. The first-order valence-corrected chi connectivity index (χ1v) is 11.9. The SMILES string of the molecule is O=C(C1CCCN(c2ccccn2)C1)N(Cc1ccc(OCC2CCC2)cc1)C1CC1. The van der Waals surface area contributed by atoms with Crippen molar-refractivity contribution in [2.45, 2.75) is 57.5 Å². The fourth-order valence-corrected chi connectivity index (χ4v) is 4.70. The van der Waals surface area contributed by atoms with E-state index in [0.717, 1.165) is 62.9 Å². The highest BCUT2D eigenvalue weighted by atomic mass is 16.5. The molecule has 1 aromatic heterocycles. The minimum Gasteiger partial charge on any atom is -0.493 e. The molecule has 0 radical (unpaired) electrons. The van der Waals surface area contributed by atoms with Crippen LogP contribution in [0.4, 0.5) is 5.82 Å². The Morgan fingerprint density at radius 1 is 1.03 bits per heavy atom. The molecule has 2 heterocycles. The zero-order valence-electron chi connectivity index (χ0n) is 18.3. The number of rotatable bonds is 8. The van der Waals surface area contributed by atoms with Crippen LogP contribution in [-0.2, 0) is 11.3 Å². The number of piperidine rings is 1. The van der Waals surface area contributed by atoms with E-state index in [4.69, 9.17) is 4.74 Å². The summed E-state index contributed by atoms with van der Waals surface area (Å²) in [6.07, 6.45) is 10.0. The van der Waals surface area contributed by atoms with Crippen LogP contribution in [0, 0.1) is 11.8 Å². The summed E-state index contributed by atoms with van der Waals surface area (Å²) in [6, 6.07) is 14.8. The number of ether oxygens (including phenoxy) is 1. The van der Waals surface area contributed by atoms with Gasteiger partial charge in [0.05, 0.1) is 12.5 Å². The van der Waals surface area contributed by atoms with Gasteiger partial charge in [-0.25, -0.2) is 4.98 Å². The maximum absolute atomic E-state index is 13.5. The van der Waals surface area contributed by atoms with Crippen molar-refractivity contribution in [1.82, 2.24) is 9.88 Å². The minimum atomic E-state index is 0.0569. The highest BCUT2D eigenvalue weighted by Gasteiger charge is 2.37. The fourth-order valence-electron chi connectivity index (χ4n) is 4.70. The molecule has 2 aliphatic carbocycles. The molecule has 5 nitrogen and oxygen atoms in total. The predicted molar refractivity (Wildman–Crippen MR) is 122 cm³/mol. The number of carbonyl (C=O) groups is 1. The molecule has 31 heavy (non-hydrogen) atoms. The number of hydrogen-bond donors (Lipinski definition) is 0. The largest absolute Gasteiger partial charge is 0.493 e. The standard InChI is InChI=1S/C26H33N3O2/c30-26(22-7-4-16-28(18-22)25-8-1-2-15-27-25)29(23-11-12-23)17-20-9-13-24(14-10-20)31-19-21-5-3-6-21/h1-2,8-10,13-15,21-23H,3-7,11-12,16-19H2. The Morgan fingerprint density at radius 3 is 2.55 bits per heavy atom. The first kappa shape index (κ1) is 20.3. The van der Waals surface area contributed by atoms with Crippen molar-refractivity contribution in [3.8, 4) is 5.75 Å². The number of benzene rings is 1. The minimum absolute atomic E-state index is 0.0569. The van der Waals surface area contributed by atoms with E-state index in [0.29, 0.717) is 18.5 Å². The van der Waals surface area contributed by atoms with Gasteiger partial charge in [-0.3, -0.25) is 4.79 Å². The summed E-state index contributed by atoms with van der Waals surface area (Å²) >= 11 is 0. The number of carbonyl (C=O) groups excluding carboxylic acids is 1. The van der Waals surface area contributed by atoms with E-state index >= 15 is 0 Å². The average molecular weight is 420 g/mol. The van der Waals surface area contributed by atoms with Gasteiger partial charge in [-0.1, -0.05) is 24.6 Å². The first-order chi connectivity index (χ1) is 15.3. The van der Waals surface area contributed by atoms with Crippen LogP contribution in [0.25, 0.3) is 0 Å². The molecule has 1 aliphatic heterocycles. The Morgan fingerprint density at radius 2 is 1.87 bits per heavy atom. The van der Waals surface area contributed by atoms with Crippen LogP contribution in [0.5, 0.6) is 5.75 Å². The normalized spacial score (nSPS) is 21.4. The number of pyridine rings is 1. The second-order valence-electron chi connectivity index (χ2n) is 9.42. The molecule has 1 atom stereocenters. The summed E-state index contributed by atoms with van der Waals surface area (Å²) in [6.45, 7) is 3.28. The smallest absolute Gasteiger partial charge is 0.228 e. The van der Waals surface area contributed by atoms with Crippen LogP contribution in [-0.4, -0.2) is 41.5 Å². The van der Waals surface area contributed by atoms with E-state index in [1.165, 1.54) is 24.8 Å². The predicted octanol–water partition coefficient (Wildman–Crippen LogP) is 4.67. The molecule has 164 valence electrons. The molecule has 3 aliphatic rings. The van der Waals surface area contributed by atoms with Crippen molar-refractivity contribution >= 4 is 11.7 Å². The summed E-state index contributed by atoms with van der Waals surface area (Å²) in [5, 5.41) is 0. The molecule has 1 unspecified atom stereocenters. The summed E-state index contributed by atoms with van der Waals surface area (Å²) < 4.78 is 5.93. The van der Waals surface area contributed by atoms with Crippen LogP contribution in [0.15, 0.2) is 48.7 Å². The van der Waals surface area contributed by atoms with Crippen LogP contribution in [0.3, 0.4) is 0 Å². The third-order valence-corrected chi connectivity index (χ3v) is 7.00. The lowest BCUT2D eigenvalue weighted by atomic mass is 9.86. The molecular formula is C26H33N3O2. The maximum Gasteiger partial charge on any atom is 0.228 e. The number of anilines is 1. The van der Waals surface area contributed by atoms with Crippen LogP contribution < -0.4 is 9.64 Å². The molecule has 1 saturated heterocycles. The Kier molecular flexibility index (Phi) is 6.10. The third-order valence-electron chi connectivity index (χ3n) is 7.00. The lowest BCUT2D eigenvalue weighted by molar-refractivity contribution is -0.137. The maximum atomic E-state index is 13.5. The lowest BCUT2D eigenvalue weighted by Crippen LogP contribution is -2.45. The molecular weight excluding hydrogens is 386 g/mol. The van der Waals surface area contributed by atoms with Crippen molar-refractivity contribution in [2.24, 2.45) is 11.8 Å². The molecule has 1 amide bonds. The topological polar surface area (TPSA) is 45.7 Å². The summed E-state index contributed by atoms with van der Waals surface area (Å²) in [4.78, 5) is 22.4. The van der Waals surface area contributed by atoms with E-state index in [2.05, 4.69) is 39.0 Å². The Bertz CT molecular complexity index is 862. The van der Waals surface area contributed by atoms with E-state index in [1.807, 2.05) is 24.4 Å². The molecule has 0 spiro atoms. The molecule has 5 rings (SSSR count). The van der Waals surface area contributed by atoms with Crippen molar-refractivity contribution in [3.05, 3.63) is 54.2 Å². The van der Waals surface area contributed by atoms with Gasteiger partial charge in [0.25, 0.3) is 0 Å². The second-order valence-corrected chi connectivity index (χ2v) is 9.42. The molecule has 2 saturated carbocycles. The zero-order valence-corrected chi connectivity index (χ0v) is 18.3. The van der Waals surface area contributed by atoms with Gasteiger partial charge in [-0.2, -0.15) is 0 Å². The van der Waals surface area contributed by atoms with Gasteiger partial charge in [0.15, 0.2) is 0 Å². The van der Waals surface area contributed by atoms with Crippen molar-refractivity contribution in [2.75, 3.05) is 24.6 Å². The highest BCUT2D eigenvalue weighted by Crippen LogP contribution is 2.32. The lowest BCUT2D eigenvalue weighted by Gasteiger charge is -2.35. The van der Waals surface area contributed by atoms with Gasteiger partial charge in [-0.15, -0.1) is 0 Å². The third kappa shape index (κ3) is 5.03. The van der Waals surface area contributed by atoms with Crippen molar-refractivity contribution in [3.63, 3.8) is 0 Å². The number of aromatic nitrogens is 1. The van der Waals surface area contributed by atoms with Crippen LogP contribution in [0.2, 0.25) is 0 Å². The van der Waals surface area contributed by atoms with E-state index in [9.17, 15) is 4.79 Å². The molecule has 3 fully saturated rings. The number of hydrogen-bond acceptors (Lipinski definition) is 4. The molecule has 0 bridgehead atoms. The molecule has 1 aromatic carbocycles. The monoisotopic (exact) mass is 419 g/mol. The van der Waals surface area contributed by atoms with Crippen molar-refractivity contribution in [1.29, 1.82) is 0 Å². The van der Waals surface area contributed by atoms with Gasteiger partial charge in [0, 0.05) is 31.9 Å². The van der Waals surface area contributed by atoms with Gasteiger partial charge < -0.3 is 14.5 Å². The molecule has 5 heteroatoms. The second kappa shape index (κ2) is 9.29. The van der Waals surface area contributed by atoms with E-state index in [1.54, 1.807) is 0 Å².